The van der Waals surface area contributed by atoms with Gasteiger partial charge in [-0.3, -0.25) is 10.1 Å². The summed E-state index contributed by atoms with van der Waals surface area (Å²) in [5.74, 6) is -0.419. The van der Waals surface area contributed by atoms with Gasteiger partial charge >= 0.3 is 6.03 Å². The lowest BCUT2D eigenvalue weighted by Crippen LogP contribution is -2.34. The van der Waals surface area contributed by atoms with E-state index in [-0.39, 0.29) is 27.0 Å². The summed E-state index contributed by atoms with van der Waals surface area (Å²) in [6.45, 7) is 1.78. The second kappa shape index (κ2) is 7.64. The third-order valence-corrected chi connectivity index (χ3v) is 4.81. The van der Waals surface area contributed by atoms with E-state index in [4.69, 9.17) is 34.8 Å². The number of fused-ring (bicyclic) bond motifs is 1. The van der Waals surface area contributed by atoms with Crippen LogP contribution in [0.1, 0.15) is 15.9 Å². The number of carbonyl (C=O) groups is 2. The quantitative estimate of drug-likeness (QED) is 0.489. The van der Waals surface area contributed by atoms with Crippen molar-refractivity contribution in [3.63, 3.8) is 0 Å². The number of carbonyl (C=O) groups excluding carboxylic acids is 2. The van der Waals surface area contributed by atoms with E-state index < -0.39 is 11.9 Å². The highest BCUT2D eigenvalue weighted by Crippen LogP contribution is 2.33. The van der Waals surface area contributed by atoms with Crippen LogP contribution in [0, 0.1) is 6.92 Å². The van der Waals surface area contributed by atoms with E-state index in [1.165, 1.54) is 12.1 Å². The first kappa shape index (κ1) is 19.3. The molecule has 0 aliphatic rings. The van der Waals surface area contributed by atoms with E-state index >= 15 is 0 Å². The van der Waals surface area contributed by atoms with Crippen LogP contribution in [0.4, 0.5) is 10.5 Å². The van der Waals surface area contributed by atoms with Crippen molar-refractivity contribution in [2.75, 3.05) is 5.32 Å². The molecule has 3 N–H and O–H groups in total. The standard InChI is InChI=1S/C19H13Cl3N2O3/c1-9-13-4-2-11(6-10(13)3-5-16(9)25)18(26)24-19(27)23-17-14(21)7-12(20)8-15(17)22/h2-8,25H,1H3,(H2,23,24,26,27). The van der Waals surface area contributed by atoms with E-state index in [1.807, 2.05) is 0 Å². The predicted octanol–water partition coefficient (Wildman–Crippen LogP) is 5.78. The van der Waals surface area contributed by atoms with Crippen LogP contribution < -0.4 is 10.6 Å². The van der Waals surface area contributed by atoms with Crippen LogP contribution >= 0.6 is 34.8 Å². The van der Waals surface area contributed by atoms with E-state index in [0.717, 1.165) is 10.8 Å². The Kier molecular flexibility index (Phi) is 5.46. The molecular formula is C19H13Cl3N2O3. The molecule has 0 aliphatic heterocycles. The molecule has 0 bridgehead atoms. The van der Waals surface area contributed by atoms with Gasteiger partial charge in [-0.2, -0.15) is 0 Å². The molecule has 0 fully saturated rings. The van der Waals surface area contributed by atoms with Crippen molar-refractivity contribution in [2.24, 2.45) is 0 Å². The Hall–Kier alpha value is -2.47. The van der Waals surface area contributed by atoms with Gasteiger partial charge in [0.25, 0.3) is 5.91 Å². The van der Waals surface area contributed by atoms with Gasteiger partial charge in [0.1, 0.15) is 5.75 Å². The lowest BCUT2D eigenvalue weighted by molar-refractivity contribution is 0.0967. The van der Waals surface area contributed by atoms with E-state index in [0.29, 0.717) is 10.6 Å². The zero-order valence-corrected chi connectivity index (χ0v) is 16.2. The Bertz CT molecular complexity index is 1060. The van der Waals surface area contributed by atoms with Crippen LogP contribution in [0.2, 0.25) is 15.1 Å². The van der Waals surface area contributed by atoms with Gasteiger partial charge in [0.2, 0.25) is 0 Å². The van der Waals surface area contributed by atoms with Gasteiger partial charge < -0.3 is 10.4 Å². The monoisotopic (exact) mass is 422 g/mol. The van der Waals surface area contributed by atoms with Crippen molar-refractivity contribution in [1.82, 2.24) is 5.32 Å². The number of imide groups is 1. The third kappa shape index (κ3) is 4.11. The molecule has 0 saturated carbocycles. The summed E-state index contributed by atoms with van der Waals surface area (Å²) in [4.78, 5) is 24.5. The first-order valence-electron chi connectivity index (χ1n) is 7.75. The van der Waals surface area contributed by atoms with Crippen molar-refractivity contribution in [3.8, 4) is 5.75 Å². The van der Waals surface area contributed by atoms with Crippen LogP contribution in [-0.4, -0.2) is 17.0 Å². The molecule has 3 rings (SSSR count). The van der Waals surface area contributed by atoms with Crippen molar-refractivity contribution in [2.45, 2.75) is 6.92 Å². The Labute approximate surface area is 169 Å². The fourth-order valence-electron chi connectivity index (χ4n) is 2.60. The molecular weight excluding hydrogens is 411 g/mol. The maximum Gasteiger partial charge on any atom is 0.326 e. The predicted molar refractivity (Wildman–Crippen MR) is 108 cm³/mol. The second-order valence-corrected chi connectivity index (χ2v) is 7.05. The minimum atomic E-state index is -0.784. The minimum Gasteiger partial charge on any atom is -0.508 e. The van der Waals surface area contributed by atoms with Crippen molar-refractivity contribution < 1.29 is 14.7 Å². The Balaban J connectivity index is 1.78. The highest BCUT2D eigenvalue weighted by Gasteiger charge is 2.15. The molecule has 0 spiro atoms. The number of rotatable bonds is 2. The van der Waals surface area contributed by atoms with E-state index in [1.54, 1.807) is 37.3 Å². The summed E-state index contributed by atoms with van der Waals surface area (Å²) in [6.07, 6.45) is 0. The summed E-state index contributed by atoms with van der Waals surface area (Å²) < 4.78 is 0. The van der Waals surface area contributed by atoms with Gasteiger partial charge in [-0.1, -0.05) is 46.9 Å². The van der Waals surface area contributed by atoms with Gasteiger partial charge in [0, 0.05) is 10.6 Å². The number of phenols is 1. The second-order valence-electron chi connectivity index (χ2n) is 5.80. The fourth-order valence-corrected chi connectivity index (χ4v) is 3.51. The first-order chi connectivity index (χ1) is 12.8. The van der Waals surface area contributed by atoms with Gasteiger partial charge in [0.05, 0.1) is 15.7 Å². The molecule has 138 valence electrons. The smallest absolute Gasteiger partial charge is 0.326 e. The number of amides is 3. The van der Waals surface area contributed by atoms with Gasteiger partial charge in [-0.05, 0) is 53.6 Å². The lowest BCUT2D eigenvalue weighted by atomic mass is 10.0. The SMILES string of the molecule is Cc1c(O)ccc2cc(C(=O)NC(=O)Nc3c(Cl)cc(Cl)cc3Cl)ccc12. The van der Waals surface area contributed by atoms with Crippen LogP contribution in [0.3, 0.4) is 0 Å². The van der Waals surface area contributed by atoms with Gasteiger partial charge in [-0.15, -0.1) is 0 Å². The molecule has 0 atom stereocenters. The maximum absolute atomic E-state index is 12.4. The molecule has 0 unspecified atom stereocenters. The number of urea groups is 1. The topological polar surface area (TPSA) is 78.4 Å². The maximum atomic E-state index is 12.4. The summed E-state index contributed by atoms with van der Waals surface area (Å²) in [5.41, 5.74) is 1.15. The lowest BCUT2D eigenvalue weighted by Gasteiger charge is -2.11. The summed E-state index contributed by atoms with van der Waals surface area (Å²) in [7, 11) is 0. The molecule has 0 aromatic heterocycles. The molecule has 0 heterocycles. The van der Waals surface area contributed by atoms with Crippen molar-refractivity contribution in [1.29, 1.82) is 0 Å². The summed E-state index contributed by atoms with van der Waals surface area (Å²) in [6, 6.07) is 10.2. The Morgan fingerprint density at radius 1 is 0.963 bits per heavy atom. The third-order valence-electron chi connectivity index (χ3n) is 4.00. The molecule has 3 aromatic carbocycles. The number of hydrogen-bond donors (Lipinski definition) is 3. The first-order valence-corrected chi connectivity index (χ1v) is 8.89. The molecule has 3 aromatic rings. The number of aryl methyl sites for hydroxylation is 1. The van der Waals surface area contributed by atoms with Gasteiger partial charge in [-0.25, -0.2) is 4.79 Å². The van der Waals surface area contributed by atoms with Gasteiger partial charge in [0.15, 0.2) is 0 Å². The molecule has 0 radical (unpaired) electrons. The van der Waals surface area contributed by atoms with Crippen LogP contribution in [0.5, 0.6) is 5.75 Å². The summed E-state index contributed by atoms with van der Waals surface area (Å²) in [5, 5.41) is 16.6. The molecule has 5 nitrogen and oxygen atoms in total. The normalized spacial score (nSPS) is 10.7. The number of benzene rings is 3. The number of nitrogens with one attached hydrogen (secondary N) is 2. The van der Waals surface area contributed by atoms with E-state index in [2.05, 4.69) is 10.6 Å². The Morgan fingerprint density at radius 3 is 2.30 bits per heavy atom. The Morgan fingerprint density at radius 2 is 1.63 bits per heavy atom. The highest BCUT2D eigenvalue weighted by molar-refractivity contribution is 6.42. The molecule has 0 aliphatic carbocycles. The number of phenolic OH excluding ortho intramolecular Hbond substituents is 1. The van der Waals surface area contributed by atoms with Crippen molar-refractivity contribution >= 4 is 63.2 Å². The van der Waals surface area contributed by atoms with Crippen LogP contribution in [-0.2, 0) is 0 Å². The zero-order chi connectivity index (χ0) is 19.7. The average molecular weight is 424 g/mol. The number of hydrogen-bond acceptors (Lipinski definition) is 3. The number of halogens is 3. The molecule has 0 saturated heterocycles. The highest BCUT2D eigenvalue weighted by atomic mass is 35.5. The minimum absolute atomic E-state index is 0.149. The molecule has 3 amide bonds. The van der Waals surface area contributed by atoms with Crippen LogP contribution in [0.25, 0.3) is 10.8 Å². The summed E-state index contributed by atoms with van der Waals surface area (Å²) >= 11 is 17.8. The zero-order valence-electron chi connectivity index (χ0n) is 13.9. The number of anilines is 1. The fraction of sp³-hybridized carbons (Fsp3) is 0.0526. The number of aromatic hydroxyl groups is 1. The van der Waals surface area contributed by atoms with E-state index in [9.17, 15) is 14.7 Å². The van der Waals surface area contributed by atoms with Crippen LogP contribution in [0.15, 0.2) is 42.5 Å². The van der Waals surface area contributed by atoms with Crippen molar-refractivity contribution in [3.05, 3.63) is 68.7 Å². The largest absolute Gasteiger partial charge is 0.508 e. The molecule has 8 heteroatoms. The average Bonchev–Trinajstić information content (AvgIpc) is 2.61. The molecule has 27 heavy (non-hydrogen) atoms.